The molecule has 3 nitrogen and oxygen atoms in total. The largest absolute Gasteiger partial charge is 0.253 e. The van der Waals surface area contributed by atoms with Crippen LogP contribution in [-0.2, 0) is 0 Å². The number of benzene rings is 1. The highest BCUT2D eigenvalue weighted by molar-refractivity contribution is 7.13. The lowest BCUT2D eigenvalue weighted by Crippen LogP contribution is -1.93. The maximum Gasteiger partial charge on any atom is 0.203 e. The highest BCUT2D eigenvalue weighted by Crippen LogP contribution is 2.14. The summed E-state index contributed by atoms with van der Waals surface area (Å²) < 4.78 is 12.9. The van der Waals surface area contributed by atoms with Crippen LogP contribution in [0.25, 0.3) is 0 Å². The van der Waals surface area contributed by atoms with Crippen LogP contribution in [0.5, 0.6) is 0 Å². The van der Waals surface area contributed by atoms with Crippen LogP contribution >= 0.6 is 11.3 Å². The van der Waals surface area contributed by atoms with Gasteiger partial charge in [-0.15, -0.1) is 11.3 Å². The SMILES string of the molecule is Cc1csc(NN=Cc2ccc(F)cc2C)n1. The van der Waals surface area contributed by atoms with Crippen LogP contribution in [-0.4, -0.2) is 11.2 Å². The lowest BCUT2D eigenvalue weighted by molar-refractivity contribution is 0.626. The van der Waals surface area contributed by atoms with Crippen LogP contribution in [0, 0.1) is 19.7 Å². The second-order valence-corrected chi connectivity index (χ2v) is 4.52. The fourth-order valence-electron chi connectivity index (χ4n) is 1.35. The maximum absolute atomic E-state index is 12.9. The Balaban J connectivity index is 2.05. The summed E-state index contributed by atoms with van der Waals surface area (Å²) in [5.41, 5.74) is 5.54. The molecule has 0 aliphatic heterocycles. The molecule has 0 fully saturated rings. The molecule has 0 spiro atoms. The summed E-state index contributed by atoms with van der Waals surface area (Å²) in [6.45, 7) is 3.77. The van der Waals surface area contributed by atoms with Crippen LogP contribution in [0.1, 0.15) is 16.8 Å². The molecule has 0 saturated carbocycles. The number of thiazole rings is 1. The smallest absolute Gasteiger partial charge is 0.203 e. The minimum Gasteiger partial charge on any atom is -0.253 e. The van der Waals surface area contributed by atoms with Gasteiger partial charge in [0.2, 0.25) is 5.13 Å². The molecule has 0 saturated heterocycles. The summed E-state index contributed by atoms with van der Waals surface area (Å²) in [5.74, 6) is -0.233. The average molecular weight is 249 g/mol. The van der Waals surface area contributed by atoms with Crippen molar-refractivity contribution in [1.82, 2.24) is 4.98 Å². The zero-order valence-corrected chi connectivity index (χ0v) is 10.4. The molecule has 0 unspecified atom stereocenters. The predicted molar refractivity (Wildman–Crippen MR) is 69.2 cm³/mol. The van der Waals surface area contributed by atoms with Crippen LogP contribution in [0.4, 0.5) is 9.52 Å². The maximum atomic E-state index is 12.9. The lowest BCUT2D eigenvalue weighted by Gasteiger charge is -1.99. The van der Waals surface area contributed by atoms with Crippen LogP contribution in [0.2, 0.25) is 0 Å². The monoisotopic (exact) mass is 249 g/mol. The first-order valence-corrected chi connectivity index (χ1v) is 6.00. The molecule has 5 heteroatoms. The predicted octanol–water partition coefficient (Wildman–Crippen LogP) is 3.35. The summed E-state index contributed by atoms with van der Waals surface area (Å²) in [4.78, 5) is 4.21. The van der Waals surface area contributed by atoms with Crippen molar-refractivity contribution >= 4 is 22.7 Å². The van der Waals surface area contributed by atoms with Gasteiger partial charge in [0.25, 0.3) is 0 Å². The number of nitrogens with zero attached hydrogens (tertiary/aromatic N) is 2. The number of hydrogen-bond acceptors (Lipinski definition) is 4. The van der Waals surface area contributed by atoms with Gasteiger partial charge < -0.3 is 0 Å². The number of halogens is 1. The first-order valence-electron chi connectivity index (χ1n) is 5.12. The molecular formula is C12H12FN3S. The molecule has 0 amide bonds. The molecule has 1 aromatic carbocycles. The minimum atomic E-state index is -0.233. The Bertz CT molecular complexity index is 548. The van der Waals surface area contributed by atoms with E-state index in [-0.39, 0.29) is 5.82 Å². The Morgan fingerprint density at radius 1 is 1.41 bits per heavy atom. The quantitative estimate of drug-likeness (QED) is 0.669. The van der Waals surface area contributed by atoms with E-state index in [4.69, 9.17) is 0 Å². The highest BCUT2D eigenvalue weighted by atomic mass is 32.1. The molecule has 2 rings (SSSR count). The number of anilines is 1. The van der Waals surface area contributed by atoms with Gasteiger partial charge in [-0.25, -0.2) is 9.37 Å². The molecule has 1 aromatic heterocycles. The molecule has 0 aliphatic rings. The number of hydrazone groups is 1. The van der Waals surface area contributed by atoms with E-state index < -0.39 is 0 Å². The van der Waals surface area contributed by atoms with E-state index in [0.29, 0.717) is 0 Å². The van der Waals surface area contributed by atoms with Crippen LogP contribution < -0.4 is 5.43 Å². The van der Waals surface area contributed by atoms with Crippen molar-refractivity contribution in [2.75, 3.05) is 5.43 Å². The molecule has 2 aromatic rings. The molecular weight excluding hydrogens is 237 g/mol. The van der Waals surface area contributed by atoms with Gasteiger partial charge in [-0.05, 0) is 37.1 Å². The Morgan fingerprint density at radius 3 is 2.88 bits per heavy atom. The number of aryl methyl sites for hydroxylation is 2. The van der Waals surface area contributed by atoms with E-state index in [2.05, 4.69) is 15.5 Å². The van der Waals surface area contributed by atoms with Crippen molar-refractivity contribution in [3.05, 3.63) is 46.2 Å². The van der Waals surface area contributed by atoms with Crippen molar-refractivity contribution < 1.29 is 4.39 Å². The van der Waals surface area contributed by atoms with Gasteiger partial charge in [0, 0.05) is 5.38 Å². The van der Waals surface area contributed by atoms with E-state index in [0.717, 1.165) is 22.0 Å². The third kappa shape index (κ3) is 3.10. The fourth-order valence-corrected chi connectivity index (χ4v) is 1.98. The van der Waals surface area contributed by atoms with E-state index in [9.17, 15) is 4.39 Å². The van der Waals surface area contributed by atoms with Crippen molar-refractivity contribution in [1.29, 1.82) is 0 Å². The first kappa shape index (κ1) is 11.7. The average Bonchev–Trinajstić information content (AvgIpc) is 2.68. The topological polar surface area (TPSA) is 37.3 Å². The van der Waals surface area contributed by atoms with E-state index in [1.165, 1.54) is 23.5 Å². The van der Waals surface area contributed by atoms with E-state index in [1.54, 1.807) is 12.3 Å². The van der Waals surface area contributed by atoms with E-state index >= 15 is 0 Å². The Labute approximate surface area is 103 Å². The van der Waals surface area contributed by atoms with Crippen molar-refractivity contribution in [3.63, 3.8) is 0 Å². The van der Waals surface area contributed by atoms with Crippen molar-refractivity contribution in [2.45, 2.75) is 13.8 Å². The fraction of sp³-hybridized carbons (Fsp3) is 0.167. The standard InChI is InChI=1S/C12H12FN3S/c1-8-5-11(13)4-3-10(8)6-14-16-12-15-9(2)7-17-12/h3-7H,1-2H3,(H,15,16). The normalized spacial score (nSPS) is 11.0. The highest BCUT2D eigenvalue weighted by Gasteiger charge is 1.97. The van der Waals surface area contributed by atoms with Gasteiger partial charge in [-0.3, -0.25) is 5.43 Å². The van der Waals surface area contributed by atoms with Gasteiger partial charge in [0.15, 0.2) is 0 Å². The molecule has 1 heterocycles. The minimum absolute atomic E-state index is 0.233. The molecule has 0 bridgehead atoms. The summed E-state index contributed by atoms with van der Waals surface area (Å²) in [5, 5.41) is 6.76. The molecule has 0 atom stereocenters. The number of hydrogen-bond donors (Lipinski definition) is 1. The second-order valence-electron chi connectivity index (χ2n) is 3.66. The summed E-state index contributed by atoms with van der Waals surface area (Å²) in [6, 6.07) is 4.60. The van der Waals surface area contributed by atoms with Crippen molar-refractivity contribution in [2.24, 2.45) is 5.10 Å². The van der Waals surface area contributed by atoms with Gasteiger partial charge in [-0.1, -0.05) is 6.07 Å². The van der Waals surface area contributed by atoms with Gasteiger partial charge in [0.1, 0.15) is 5.82 Å². The number of rotatable bonds is 3. The van der Waals surface area contributed by atoms with Crippen LogP contribution in [0.3, 0.4) is 0 Å². The summed E-state index contributed by atoms with van der Waals surface area (Å²) in [7, 11) is 0. The van der Waals surface area contributed by atoms with Gasteiger partial charge in [0.05, 0.1) is 11.9 Å². The summed E-state index contributed by atoms with van der Waals surface area (Å²) in [6.07, 6.45) is 1.66. The first-order chi connectivity index (χ1) is 8.15. The zero-order valence-electron chi connectivity index (χ0n) is 9.57. The third-order valence-corrected chi connectivity index (χ3v) is 3.08. The number of nitrogens with one attached hydrogen (secondary N) is 1. The number of aromatic nitrogens is 1. The third-order valence-electron chi connectivity index (χ3n) is 2.21. The van der Waals surface area contributed by atoms with Gasteiger partial charge in [-0.2, -0.15) is 5.10 Å². The Morgan fingerprint density at radius 2 is 2.24 bits per heavy atom. The Hall–Kier alpha value is -1.75. The zero-order chi connectivity index (χ0) is 12.3. The summed E-state index contributed by atoms with van der Waals surface area (Å²) >= 11 is 1.50. The molecule has 0 radical (unpaired) electrons. The molecule has 88 valence electrons. The molecule has 17 heavy (non-hydrogen) atoms. The Kier molecular flexibility index (Phi) is 3.49. The van der Waals surface area contributed by atoms with Crippen molar-refractivity contribution in [3.8, 4) is 0 Å². The second kappa shape index (κ2) is 5.05. The van der Waals surface area contributed by atoms with E-state index in [1.807, 2.05) is 19.2 Å². The molecule has 1 N–H and O–H groups in total. The van der Waals surface area contributed by atoms with Gasteiger partial charge >= 0.3 is 0 Å². The van der Waals surface area contributed by atoms with Crippen LogP contribution in [0.15, 0.2) is 28.7 Å². The lowest BCUT2D eigenvalue weighted by atomic mass is 10.1. The molecule has 0 aliphatic carbocycles.